The second kappa shape index (κ2) is 11.0. The molecule has 0 spiro atoms. The van der Waals surface area contributed by atoms with E-state index in [4.69, 9.17) is 4.52 Å². The minimum absolute atomic E-state index is 0.0136. The van der Waals surface area contributed by atoms with Crippen molar-refractivity contribution in [1.82, 2.24) is 14.8 Å². The Morgan fingerprint density at radius 3 is 2.64 bits per heavy atom. The van der Waals surface area contributed by atoms with Crippen LogP contribution in [-0.2, 0) is 14.8 Å². The van der Waals surface area contributed by atoms with Crippen LogP contribution in [0.3, 0.4) is 0 Å². The lowest BCUT2D eigenvalue weighted by atomic mass is 9.94. The highest BCUT2D eigenvalue weighted by atomic mass is 32.2. The third-order valence-corrected chi connectivity index (χ3v) is 9.44. The summed E-state index contributed by atoms with van der Waals surface area (Å²) in [6, 6.07) is 4.09. The molecule has 1 amide bonds. The van der Waals surface area contributed by atoms with Crippen molar-refractivity contribution < 1.29 is 17.7 Å². The Labute approximate surface area is 200 Å². The zero-order chi connectivity index (χ0) is 23.3. The monoisotopic (exact) mass is 491 g/mol. The van der Waals surface area contributed by atoms with E-state index in [0.717, 1.165) is 30.6 Å². The van der Waals surface area contributed by atoms with Crippen LogP contribution >= 0.6 is 11.3 Å². The van der Waals surface area contributed by atoms with E-state index in [9.17, 15) is 13.2 Å². The molecule has 1 saturated carbocycles. The first kappa shape index (κ1) is 24.2. The number of aromatic nitrogens is 1. The minimum Gasteiger partial charge on any atom is -0.355 e. The molecule has 0 aromatic carbocycles. The van der Waals surface area contributed by atoms with Gasteiger partial charge in [-0.3, -0.25) is 4.79 Å². The van der Waals surface area contributed by atoms with Crippen LogP contribution < -0.4 is 5.32 Å². The van der Waals surface area contributed by atoms with Gasteiger partial charge in [0, 0.05) is 24.0 Å². The normalized spacial score (nSPS) is 21.7. The van der Waals surface area contributed by atoms with Crippen LogP contribution in [-0.4, -0.2) is 42.9 Å². The average Bonchev–Trinajstić information content (AvgIpc) is 3.43. The van der Waals surface area contributed by atoms with E-state index in [2.05, 4.69) is 10.5 Å². The number of aryl methyl sites for hydroxylation is 1. The Morgan fingerprint density at radius 1 is 1.15 bits per heavy atom. The highest BCUT2D eigenvalue weighted by molar-refractivity contribution is 7.89. The highest BCUT2D eigenvalue weighted by Crippen LogP contribution is 2.30. The van der Waals surface area contributed by atoms with Gasteiger partial charge in [-0.15, -0.1) is 11.3 Å². The lowest BCUT2D eigenvalue weighted by molar-refractivity contribution is -0.126. The van der Waals surface area contributed by atoms with Gasteiger partial charge in [0.25, 0.3) is 0 Å². The summed E-state index contributed by atoms with van der Waals surface area (Å²) < 4.78 is 33.9. The van der Waals surface area contributed by atoms with Gasteiger partial charge in [-0.05, 0) is 56.2 Å². The van der Waals surface area contributed by atoms with E-state index in [-0.39, 0.29) is 35.1 Å². The standard InChI is InChI=1S/C24H33N3O4S2/c1-18-23(22(31-26-18)14-13-21-12-8-16-32-21)33(29,30)27-15-7-9-19(17-27)24(28)25-20-10-5-3-2-4-6-11-20/h8,12-14,16,19-20H,2-7,9-11,15,17H2,1H3,(H,25,28). The largest absolute Gasteiger partial charge is 0.355 e. The second-order valence-electron chi connectivity index (χ2n) is 9.06. The summed E-state index contributed by atoms with van der Waals surface area (Å²) in [5, 5.41) is 9.10. The molecule has 2 aliphatic rings. The number of sulfonamides is 1. The summed E-state index contributed by atoms with van der Waals surface area (Å²) in [5.41, 5.74) is 0.335. The Morgan fingerprint density at radius 2 is 1.91 bits per heavy atom. The average molecular weight is 492 g/mol. The summed E-state index contributed by atoms with van der Waals surface area (Å²) in [6.45, 7) is 2.23. The first-order chi connectivity index (χ1) is 15.9. The summed E-state index contributed by atoms with van der Waals surface area (Å²) in [7, 11) is -3.83. The lowest BCUT2D eigenvalue weighted by Gasteiger charge is -2.32. The number of nitrogens with one attached hydrogen (secondary N) is 1. The van der Waals surface area contributed by atoms with Crippen LogP contribution in [0.1, 0.15) is 74.1 Å². The van der Waals surface area contributed by atoms with Gasteiger partial charge in [-0.2, -0.15) is 4.31 Å². The maximum Gasteiger partial charge on any atom is 0.248 e. The highest BCUT2D eigenvalue weighted by Gasteiger charge is 2.37. The fourth-order valence-corrected chi connectivity index (χ4v) is 7.16. The maximum absolute atomic E-state index is 13.6. The van der Waals surface area contributed by atoms with Gasteiger partial charge in [0.15, 0.2) is 10.7 Å². The van der Waals surface area contributed by atoms with Crippen molar-refractivity contribution in [3.8, 4) is 0 Å². The molecule has 180 valence electrons. The number of carbonyl (C=O) groups excluding carboxylic acids is 1. The third-order valence-electron chi connectivity index (χ3n) is 6.58. The van der Waals surface area contributed by atoms with E-state index in [1.54, 1.807) is 24.3 Å². The number of rotatable bonds is 6. The van der Waals surface area contributed by atoms with Crippen molar-refractivity contribution in [3.05, 3.63) is 33.8 Å². The van der Waals surface area contributed by atoms with Gasteiger partial charge in [-0.1, -0.05) is 43.3 Å². The van der Waals surface area contributed by atoms with Gasteiger partial charge in [0.1, 0.15) is 5.69 Å². The lowest BCUT2D eigenvalue weighted by Crippen LogP contribution is -2.47. The fraction of sp³-hybridized carbons (Fsp3) is 0.583. The predicted octanol–water partition coefficient (Wildman–Crippen LogP) is 4.84. The predicted molar refractivity (Wildman–Crippen MR) is 130 cm³/mol. The smallest absolute Gasteiger partial charge is 0.248 e. The number of thiophene rings is 1. The van der Waals surface area contributed by atoms with E-state index in [1.165, 1.54) is 23.6 Å². The van der Waals surface area contributed by atoms with Crippen molar-refractivity contribution >= 4 is 39.4 Å². The van der Waals surface area contributed by atoms with Crippen molar-refractivity contribution in [3.63, 3.8) is 0 Å². The fourth-order valence-electron chi connectivity index (χ4n) is 4.77. The van der Waals surface area contributed by atoms with E-state index in [1.807, 2.05) is 23.6 Å². The molecule has 0 radical (unpaired) electrons. The number of nitrogens with zero attached hydrogens (tertiary/aromatic N) is 2. The summed E-state index contributed by atoms with van der Waals surface area (Å²) in [4.78, 5) is 14.1. The Kier molecular flexibility index (Phi) is 8.03. The van der Waals surface area contributed by atoms with E-state index >= 15 is 0 Å². The molecule has 33 heavy (non-hydrogen) atoms. The molecule has 7 nitrogen and oxygen atoms in total. The molecule has 1 unspecified atom stereocenters. The number of amides is 1. The van der Waals surface area contributed by atoms with Gasteiger partial charge >= 0.3 is 0 Å². The van der Waals surface area contributed by atoms with Crippen molar-refractivity contribution in [2.24, 2.45) is 5.92 Å². The minimum atomic E-state index is -3.83. The van der Waals surface area contributed by atoms with Crippen LogP contribution in [0.4, 0.5) is 0 Å². The SMILES string of the molecule is Cc1noc(C=Cc2cccs2)c1S(=O)(=O)N1CCCC(C(=O)NC2CCCCCCC2)C1. The summed E-state index contributed by atoms with van der Waals surface area (Å²) in [6.07, 6.45) is 12.9. The molecule has 1 N–H and O–H groups in total. The van der Waals surface area contributed by atoms with Crippen molar-refractivity contribution in [1.29, 1.82) is 0 Å². The molecule has 1 atom stereocenters. The molecule has 2 aromatic rings. The molecule has 4 rings (SSSR count). The maximum atomic E-state index is 13.6. The summed E-state index contributed by atoms with van der Waals surface area (Å²) in [5.74, 6) is -0.119. The van der Waals surface area contributed by atoms with Gasteiger partial charge < -0.3 is 9.84 Å². The van der Waals surface area contributed by atoms with Crippen LogP contribution in [0.2, 0.25) is 0 Å². The van der Waals surface area contributed by atoms with Gasteiger partial charge in [-0.25, -0.2) is 8.42 Å². The molecular formula is C24H33N3O4S2. The molecule has 1 saturated heterocycles. The first-order valence-corrected chi connectivity index (χ1v) is 14.3. The van der Waals surface area contributed by atoms with Crippen molar-refractivity contribution in [2.75, 3.05) is 13.1 Å². The Bertz CT molecular complexity index is 1050. The summed E-state index contributed by atoms with van der Waals surface area (Å²) >= 11 is 1.56. The molecule has 2 aromatic heterocycles. The number of piperidine rings is 1. The van der Waals surface area contributed by atoms with Crippen LogP contribution in [0.15, 0.2) is 26.9 Å². The quantitative estimate of drug-likeness (QED) is 0.624. The second-order valence-corrected chi connectivity index (χ2v) is 11.9. The molecule has 1 aliphatic heterocycles. The molecule has 3 heterocycles. The van der Waals surface area contributed by atoms with Crippen LogP contribution in [0.25, 0.3) is 12.2 Å². The third kappa shape index (κ3) is 5.94. The molecule has 9 heteroatoms. The van der Waals surface area contributed by atoms with E-state index < -0.39 is 10.0 Å². The van der Waals surface area contributed by atoms with E-state index in [0.29, 0.717) is 25.1 Å². The molecule has 0 bridgehead atoms. The zero-order valence-corrected chi connectivity index (χ0v) is 20.8. The molecule has 1 aliphatic carbocycles. The van der Waals surface area contributed by atoms with Gasteiger partial charge in [0.05, 0.1) is 5.92 Å². The van der Waals surface area contributed by atoms with Gasteiger partial charge in [0.2, 0.25) is 15.9 Å². The number of hydrogen-bond donors (Lipinski definition) is 1. The van der Waals surface area contributed by atoms with Crippen LogP contribution in [0.5, 0.6) is 0 Å². The Balaban J connectivity index is 1.46. The number of hydrogen-bond acceptors (Lipinski definition) is 6. The Hall–Kier alpha value is -1.97. The van der Waals surface area contributed by atoms with Crippen molar-refractivity contribution in [2.45, 2.75) is 75.6 Å². The topological polar surface area (TPSA) is 92.5 Å². The first-order valence-electron chi connectivity index (χ1n) is 11.9. The zero-order valence-electron chi connectivity index (χ0n) is 19.2. The van der Waals surface area contributed by atoms with Crippen LogP contribution in [0, 0.1) is 12.8 Å². The molecule has 2 fully saturated rings. The molecular weight excluding hydrogens is 458 g/mol. The number of carbonyl (C=O) groups is 1.